The van der Waals surface area contributed by atoms with Crippen molar-refractivity contribution in [1.82, 2.24) is 0 Å². The zero-order chi connectivity index (χ0) is 12.1. The molecule has 0 aromatic rings. The van der Waals surface area contributed by atoms with Crippen molar-refractivity contribution in [1.29, 1.82) is 0 Å². The predicted octanol–water partition coefficient (Wildman–Crippen LogP) is -0.178. The zero-order valence-electron chi connectivity index (χ0n) is 10.5. The molecular weight excluding hydrogens is 239 g/mol. The van der Waals surface area contributed by atoms with Gasteiger partial charge in [-0.1, -0.05) is 15.0 Å². The van der Waals surface area contributed by atoms with Gasteiger partial charge in [-0.2, -0.15) is 0 Å². The molecule has 0 aliphatic carbocycles. The smallest absolute Gasteiger partial charge is 0.217 e. The Morgan fingerprint density at radius 2 is 0.947 bits per heavy atom. The summed E-state index contributed by atoms with van der Waals surface area (Å²) in [4.78, 5) is 14.6. The van der Waals surface area contributed by atoms with Crippen LogP contribution in [0.1, 0.15) is 38.5 Å². The van der Waals surface area contributed by atoms with Gasteiger partial charge in [0.05, 0.1) is 0 Å². The van der Waals surface area contributed by atoms with Gasteiger partial charge in [-0.05, 0) is 0 Å². The summed E-state index contributed by atoms with van der Waals surface area (Å²) in [6.45, 7) is 0. The molecule has 0 saturated carbocycles. The maximum atomic E-state index is 4.86. The fourth-order valence-corrected chi connectivity index (χ4v) is 4.09. The highest BCUT2D eigenvalue weighted by molar-refractivity contribution is 6.47. The first-order chi connectivity index (χ1) is 9.40. The molecule has 19 heavy (non-hydrogen) atoms. The monoisotopic (exact) mass is 251 g/mol. The van der Waals surface area contributed by atoms with Gasteiger partial charge in [0.25, 0.3) is 0 Å². The second-order valence-corrected chi connectivity index (χ2v) is 5.79. The van der Waals surface area contributed by atoms with Crippen LogP contribution >= 0.6 is 0 Å². The molecule has 0 radical (unpaired) electrons. The predicted molar refractivity (Wildman–Crippen MR) is 71.6 cm³/mol. The first-order valence-electron chi connectivity index (χ1n) is 7.08. The van der Waals surface area contributed by atoms with Crippen LogP contribution in [0, 0.1) is 0 Å². The molecule has 0 atom stereocenters. The molecule has 7 heteroatoms. The van der Waals surface area contributed by atoms with E-state index >= 15 is 0 Å². The van der Waals surface area contributed by atoms with Gasteiger partial charge >= 0.3 is 7.12 Å². The normalized spacial score (nSPS) is 29.1. The molecule has 0 aromatic carbocycles. The largest absolute Gasteiger partial charge is 0.770 e. The summed E-state index contributed by atoms with van der Waals surface area (Å²) in [5, 5.41) is 0. The summed E-state index contributed by atoms with van der Waals surface area (Å²) in [6, 6.07) is 0. The lowest BCUT2D eigenvalue weighted by Gasteiger charge is -2.22. The fourth-order valence-electron chi connectivity index (χ4n) is 4.09. The maximum absolute atomic E-state index is 4.86. The Hall–Kier alpha value is -1.92. The highest BCUT2D eigenvalue weighted by Crippen LogP contribution is 2.29. The standard InChI is InChI=1S/C12H12BN6/c1-2-8-15-10-5-6-12-16-11-4-3-9-14-7(1)17(8)13(18(9)11)19(10)12/h1-6H2/q+3. The molecule has 90 valence electrons. The number of amidine groups is 6. The van der Waals surface area contributed by atoms with Gasteiger partial charge in [0.1, 0.15) is 0 Å². The molecule has 0 saturated heterocycles. The summed E-state index contributed by atoms with van der Waals surface area (Å²) in [5.74, 6) is 7.27. The summed E-state index contributed by atoms with van der Waals surface area (Å²) in [7, 11) is 0.236. The van der Waals surface area contributed by atoms with Gasteiger partial charge in [0, 0.05) is 38.5 Å². The van der Waals surface area contributed by atoms with Crippen LogP contribution < -0.4 is 0 Å². The fraction of sp³-hybridized carbons (Fsp3) is 0.500. The van der Waals surface area contributed by atoms with E-state index in [0.717, 1.165) is 38.5 Å². The molecule has 6 heterocycles. The molecule has 0 bridgehead atoms. The molecule has 6 nitrogen and oxygen atoms in total. The van der Waals surface area contributed by atoms with E-state index in [1.54, 1.807) is 0 Å². The van der Waals surface area contributed by atoms with Crippen molar-refractivity contribution < 1.29 is 13.5 Å². The second kappa shape index (κ2) is 2.66. The van der Waals surface area contributed by atoms with Crippen LogP contribution in [0.15, 0.2) is 15.0 Å². The van der Waals surface area contributed by atoms with E-state index in [-0.39, 0.29) is 7.12 Å². The van der Waals surface area contributed by atoms with Crippen molar-refractivity contribution in [3.63, 3.8) is 0 Å². The lowest BCUT2D eigenvalue weighted by Crippen LogP contribution is -2.62. The Bertz CT molecular complexity index is 673. The average molecular weight is 251 g/mol. The highest BCUT2D eigenvalue weighted by atomic mass is 15.4. The number of nitrogens with zero attached hydrogens (tertiary/aromatic N) is 6. The Kier molecular flexibility index (Phi) is 1.27. The van der Waals surface area contributed by atoms with Crippen LogP contribution in [0.3, 0.4) is 0 Å². The summed E-state index contributed by atoms with van der Waals surface area (Å²) >= 11 is 0. The van der Waals surface area contributed by atoms with Crippen LogP contribution in [0.4, 0.5) is 0 Å². The third-order valence-corrected chi connectivity index (χ3v) is 4.85. The van der Waals surface area contributed by atoms with Gasteiger partial charge in [0.2, 0.25) is 35.0 Å². The molecule has 0 spiro atoms. The van der Waals surface area contributed by atoms with E-state index in [4.69, 9.17) is 15.0 Å². The molecule has 0 fully saturated rings. The SMILES string of the molecule is C1CC2=[N+]3B4[N+]5=C(CCC5=NC5=[N+]4C(=N2)CC5)N=C13. The maximum Gasteiger partial charge on any atom is 0.770 e. The third-order valence-electron chi connectivity index (χ3n) is 4.85. The second-order valence-electron chi connectivity index (χ2n) is 5.79. The van der Waals surface area contributed by atoms with E-state index in [9.17, 15) is 0 Å². The van der Waals surface area contributed by atoms with E-state index in [1.807, 2.05) is 0 Å². The summed E-state index contributed by atoms with van der Waals surface area (Å²) in [6.07, 6.45) is 6.22. The van der Waals surface area contributed by atoms with Crippen molar-refractivity contribution in [3.05, 3.63) is 0 Å². The van der Waals surface area contributed by atoms with Crippen molar-refractivity contribution in [2.45, 2.75) is 38.5 Å². The minimum absolute atomic E-state index is 0.236. The molecule has 0 aromatic heterocycles. The minimum Gasteiger partial charge on any atom is -0.217 e. The molecule has 6 aliphatic rings. The topological polar surface area (TPSA) is 46.1 Å². The Morgan fingerprint density at radius 3 is 1.32 bits per heavy atom. The molecule has 6 rings (SSSR count). The van der Waals surface area contributed by atoms with Gasteiger partial charge in [-0.15, -0.1) is 0 Å². The van der Waals surface area contributed by atoms with Gasteiger partial charge in [0.15, 0.2) is 0 Å². The zero-order valence-corrected chi connectivity index (χ0v) is 10.5. The number of rotatable bonds is 0. The Balaban J connectivity index is 1.79. The van der Waals surface area contributed by atoms with Crippen LogP contribution in [-0.4, -0.2) is 55.6 Å². The first-order valence-corrected chi connectivity index (χ1v) is 7.08. The van der Waals surface area contributed by atoms with Crippen molar-refractivity contribution in [2.24, 2.45) is 15.0 Å². The van der Waals surface area contributed by atoms with Crippen LogP contribution in [0.25, 0.3) is 0 Å². The van der Waals surface area contributed by atoms with Crippen molar-refractivity contribution >= 4 is 42.1 Å². The van der Waals surface area contributed by atoms with Gasteiger partial charge < -0.3 is 0 Å². The lowest BCUT2D eigenvalue weighted by molar-refractivity contribution is -0.526. The lowest BCUT2D eigenvalue weighted by atomic mass is 9.86. The number of hydrogen-bond acceptors (Lipinski definition) is 3. The van der Waals surface area contributed by atoms with E-state index in [0.29, 0.717) is 0 Å². The van der Waals surface area contributed by atoms with E-state index in [2.05, 4.69) is 13.5 Å². The van der Waals surface area contributed by atoms with Gasteiger partial charge in [-0.25, -0.2) is 13.5 Å². The van der Waals surface area contributed by atoms with E-state index < -0.39 is 0 Å². The van der Waals surface area contributed by atoms with Crippen molar-refractivity contribution in [2.75, 3.05) is 0 Å². The summed E-state index contributed by atoms with van der Waals surface area (Å²) in [5.41, 5.74) is 0. The third kappa shape index (κ3) is 0.855. The molecule has 0 unspecified atom stereocenters. The average Bonchev–Trinajstić information content (AvgIpc) is 3.12. The molecular formula is C12H12BN6+3. The summed E-state index contributed by atoms with van der Waals surface area (Å²) < 4.78 is 7.04. The van der Waals surface area contributed by atoms with Crippen LogP contribution in [0.2, 0.25) is 0 Å². The van der Waals surface area contributed by atoms with Gasteiger partial charge in [-0.3, -0.25) is 0 Å². The highest BCUT2D eigenvalue weighted by Gasteiger charge is 2.63. The Morgan fingerprint density at radius 1 is 0.579 bits per heavy atom. The molecule has 6 aliphatic heterocycles. The number of hydrogen-bond donors (Lipinski definition) is 0. The number of aliphatic imine (C=N–C) groups is 3. The van der Waals surface area contributed by atoms with Crippen molar-refractivity contribution in [3.8, 4) is 0 Å². The first kappa shape index (κ1) is 9.06. The Labute approximate surface area is 110 Å². The quantitative estimate of drug-likeness (QED) is 0.536. The van der Waals surface area contributed by atoms with Crippen LogP contribution in [0.5, 0.6) is 0 Å². The minimum atomic E-state index is 0.236. The molecule has 0 N–H and O–H groups in total. The molecule has 0 amide bonds. The van der Waals surface area contributed by atoms with Crippen LogP contribution in [-0.2, 0) is 0 Å². The van der Waals surface area contributed by atoms with E-state index in [1.165, 1.54) is 35.0 Å².